The number of hydrogen-bond donors (Lipinski definition) is 0. The van der Waals surface area contributed by atoms with E-state index in [1.807, 2.05) is 34.9 Å². The molecule has 2 aliphatic heterocycles. The molecule has 2 heterocycles. The molecule has 1 atom stereocenters. The molecule has 6 nitrogen and oxygen atoms in total. The van der Waals surface area contributed by atoms with Gasteiger partial charge in [0.2, 0.25) is 5.91 Å². The fourth-order valence-electron chi connectivity index (χ4n) is 3.76. The van der Waals surface area contributed by atoms with Crippen molar-refractivity contribution in [2.24, 2.45) is 0 Å². The third-order valence-electron chi connectivity index (χ3n) is 5.36. The van der Waals surface area contributed by atoms with Gasteiger partial charge in [-0.1, -0.05) is 37.3 Å². The number of carbonyl (C=O) groups excluding carboxylic acids is 2. The summed E-state index contributed by atoms with van der Waals surface area (Å²) in [6.07, 6.45) is 1.14. The number of ether oxygens (including phenoxy) is 2. The fraction of sp³-hybridized carbons (Fsp3) is 0.600. The number of carbonyl (C=O) groups is 2. The molecule has 0 bridgehead atoms. The third-order valence-corrected chi connectivity index (χ3v) is 5.36. The quantitative estimate of drug-likeness (QED) is 0.782. The molecule has 0 unspecified atom stereocenters. The number of likely N-dealkylation sites (tertiary alicyclic amines) is 1. The molecule has 0 aromatic heterocycles. The Labute approximate surface area is 155 Å². The second-order valence-electron chi connectivity index (χ2n) is 7.26. The minimum absolute atomic E-state index is 0.0144. The Hall–Kier alpha value is -2.08. The number of nitrogens with zero attached hydrogens (tertiary/aromatic N) is 2. The average molecular weight is 360 g/mol. The van der Waals surface area contributed by atoms with Gasteiger partial charge in [-0.2, -0.15) is 0 Å². The molecular weight excluding hydrogens is 332 g/mol. The van der Waals surface area contributed by atoms with Crippen molar-refractivity contribution in [2.45, 2.75) is 38.2 Å². The number of hydrogen-bond acceptors (Lipinski definition) is 4. The molecule has 1 aromatic carbocycles. The Morgan fingerprint density at radius 1 is 1.27 bits per heavy atom. The second-order valence-corrected chi connectivity index (χ2v) is 7.26. The molecule has 1 aromatic rings. The van der Waals surface area contributed by atoms with Crippen molar-refractivity contribution in [1.29, 1.82) is 0 Å². The molecule has 1 spiro atoms. The smallest absolute Gasteiger partial charge is 0.410 e. The first-order valence-corrected chi connectivity index (χ1v) is 9.41. The van der Waals surface area contributed by atoms with Gasteiger partial charge in [0.15, 0.2) is 0 Å². The van der Waals surface area contributed by atoms with Crippen LogP contribution in [0.2, 0.25) is 0 Å². The van der Waals surface area contributed by atoms with Crippen LogP contribution in [0.25, 0.3) is 0 Å². The van der Waals surface area contributed by atoms with E-state index in [9.17, 15) is 9.59 Å². The van der Waals surface area contributed by atoms with Crippen LogP contribution >= 0.6 is 0 Å². The molecule has 0 aliphatic carbocycles. The minimum atomic E-state index is -0.449. The third kappa shape index (κ3) is 4.18. The van der Waals surface area contributed by atoms with Crippen molar-refractivity contribution in [3.8, 4) is 0 Å². The van der Waals surface area contributed by atoms with Gasteiger partial charge >= 0.3 is 6.09 Å². The van der Waals surface area contributed by atoms with Crippen molar-refractivity contribution in [2.75, 3.05) is 39.4 Å². The molecule has 2 fully saturated rings. The lowest BCUT2D eigenvalue weighted by molar-refractivity contribution is -0.139. The first-order valence-electron chi connectivity index (χ1n) is 9.41. The first kappa shape index (κ1) is 18.7. The lowest BCUT2D eigenvalue weighted by Gasteiger charge is -2.37. The van der Waals surface area contributed by atoms with Crippen molar-refractivity contribution >= 4 is 12.0 Å². The van der Waals surface area contributed by atoms with Crippen LogP contribution in [-0.2, 0) is 14.3 Å². The van der Waals surface area contributed by atoms with Crippen molar-refractivity contribution in [1.82, 2.24) is 9.80 Å². The van der Waals surface area contributed by atoms with Gasteiger partial charge in [0.25, 0.3) is 0 Å². The Morgan fingerprint density at radius 3 is 2.62 bits per heavy atom. The summed E-state index contributed by atoms with van der Waals surface area (Å²) >= 11 is 0. The first-order chi connectivity index (χ1) is 12.5. The zero-order valence-electron chi connectivity index (χ0n) is 15.6. The topological polar surface area (TPSA) is 59.1 Å². The summed E-state index contributed by atoms with van der Waals surface area (Å²) in [6.45, 7) is 7.15. The van der Waals surface area contributed by atoms with Crippen LogP contribution < -0.4 is 0 Å². The molecule has 2 aliphatic rings. The predicted octanol–water partition coefficient (Wildman–Crippen LogP) is 2.64. The van der Waals surface area contributed by atoms with E-state index in [1.165, 1.54) is 5.56 Å². The summed E-state index contributed by atoms with van der Waals surface area (Å²) < 4.78 is 11.0. The van der Waals surface area contributed by atoms with E-state index in [1.54, 1.807) is 0 Å². The highest BCUT2D eigenvalue weighted by Gasteiger charge is 2.47. The summed E-state index contributed by atoms with van der Waals surface area (Å²) in [7, 11) is 0. The van der Waals surface area contributed by atoms with Crippen molar-refractivity contribution in [3.63, 3.8) is 0 Å². The molecule has 3 rings (SSSR count). The molecule has 0 saturated carbocycles. The zero-order chi connectivity index (χ0) is 18.6. The molecule has 6 heteroatoms. The van der Waals surface area contributed by atoms with Crippen LogP contribution in [0.5, 0.6) is 0 Å². The summed E-state index contributed by atoms with van der Waals surface area (Å²) in [6, 6.07) is 10.2. The predicted molar refractivity (Wildman–Crippen MR) is 97.9 cm³/mol. The molecular formula is C20H28N2O4. The van der Waals surface area contributed by atoms with E-state index in [0.29, 0.717) is 45.6 Å². The Morgan fingerprint density at radius 2 is 1.96 bits per heavy atom. The second kappa shape index (κ2) is 8.08. The van der Waals surface area contributed by atoms with Gasteiger partial charge in [0.1, 0.15) is 12.2 Å². The van der Waals surface area contributed by atoms with Crippen LogP contribution in [-0.4, -0.2) is 66.8 Å². The number of amides is 2. The summed E-state index contributed by atoms with van der Waals surface area (Å²) in [4.78, 5) is 28.1. The van der Waals surface area contributed by atoms with Crippen LogP contribution in [0.3, 0.4) is 0 Å². The van der Waals surface area contributed by atoms with Crippen molar-refractivity contribution in [3.05, 3.63) is 35.9 Å². The van der Waals surface area contributed by atoms with E-state index in [0.717, 1.165) is 0 Å². The molecule has 0 N–H and O–H groups in total. The minimum Gasteiger partial charge on any atom is -0.441 e. The molecule has 142 valence electrons. The summed E-state index contributed by atoms with van der Waals surface area (Å²) in [5, 5.41) is 0. The molecule has 2 saturated heterocycles. The maximum Gasteiger partial charge on any atom is 0.410 e. The number of rotatable bonds is 6. The van der Waals surface area contributed by atoms with E-state index < -0.39 is 5.60 Å². The fourth-order valence-corrected chi connectivity index (χ4v) is 3.76. The lowest BCUT2D eigenvalue weighted by Crippen LogP contribution is -2.49. The van der Waals surface area contributed by atoms with Gasteiger partial charge < -0.3 is 19.3 Å². The highest BCUT2D eigenvalue weighted by atomic mass is 16.6. The summed E-state index contributed by atoms with van der Waals surface area (Å²) in [5.41, 5.74) is 0.771. The molecule has 0 radical (unpaired) electrons. The normalized spacial score (nSPS) is 20.3. The van der Waals surface area contributed by atoms with Crippen LogP contribution in [0.1, 0.15) is 38.2 Å². The highest BCUT2D eigenvalue weighted by molar-refractivity contribution is 5.77. The van der Waals surface area contributed by atoms with Crippen molar-refractivity contribution < 1.29 is 19.1 Å². The largest absolute Gasteiger partial charge is 0.441 e. The Kier molecular flexibility index (Phi) is 5.81. The van der Waals surface area contributed by atoms with E-state index in [4.69, 9.17) is 9.47 Å². The van der Waals surface area contributed by atoms with E-state index >= 15 is 0 Å². The molecule has 26 heavy (non-hydrogen) atoms. The van der Waals surface area contributed by atoms with E-state index in [-0.39, 0.29) is 24.5 Å². The lowest BCUT2D eigenvalue weighted by atomic mass is 9.91. The van der Waals surface area contributed by atoms with Gasteiger partial charge in [-0.3, -0.25) is 4.79 Å². The van der Waals surface area contributed by atoms with Crippen LogP contribution in [0.4, 0.5) is 4.79 Å². The van der Waals surface area contributed by atoms with Gasteiger partial charge in [-0.25, -0.2) is 4.79 Å². The van der Waals surface area contributed by atoms with Crippen LogP contribution in [0, 0.1) is 0 Å². The Balaban J connectivity index is 1.54. The number of piperidine rings is 1. The van der Waals surface area contributed by atoms with Gasteiger partial charge in [-0.15, -0.1) is 0 Å². The van der Waals surface area contributed by atoms with Gasteiger partial charge in [-0.05, 0) is 18.4 Å². The average Bonchev–Trinajstić information content (AvgIpc) is 2.95. The van der Waals surface area contributed by atoms with Crippen LogP contribution in [0.15, 0.2) is 30.3 Å². The van der Waals surface area contributed by atoms with Gasteiger partial charge in [0, 0.05) is 39.1 Å². The standard InChI is InChI=1S/C20H28N2O4/c1-3-25-14-18(23)21-11-9-20(10-12-21)15-22(19(24)26-20)13-16(2)17-7-5-4-6-8-17/h4-8,16H,3,9-15H2,1-2H3/t16-/m1/s1. The van der Waals surface area contributed by atoms with E-state index in [2.05, 4.69) is 19.1 Å². The number of benzene rings is 1. The maximum atomic E-state index is 12.4. The highest BCUT2D eigenvalue weighted by Crippen LogP contribution is 2.34. The molecule has 2 amide bonds. The zero-order valence-corrected chi connectivity index (χ0v) is 15.6. The van der Waals surface area contributed by atoms with Gasteiger partial charge in [0.05, 0.1) is 6.54 Å². The SMILES string of the molecule is CCOCC(=O)N1CCC2(CC1)CN(C[C@@H](C)c1ccccc1)C(=O)O2. The Bertz CT molecular complexity index is 626. The maximum absolute atomic E-state index is 12.4. The monoisotopic (exact) mass is 360 g/mol. The summed E-state index contributed by atoms with van der Waals surface area (Å²) in [5.74, 6) is 0.271.